The smallest absolute Gasteiger partial charge is 0.152 e. The van der Waals surface area contributed by atoms with Crippen molar-refractivity contribution in [1.82, 2.24) is 10.5 Å². The maximum Gasteiger partial charge on any atom is 0.152 e. The highest BCUT2D eigenvalue weighted by Crippen LogP contribution is 2.12. The van der Waals surface area contributed by atoms with Gasteiger partial charge in [0.25, 0.3) is 0 Å². The van der Waals surface area contributed by atoms with Crippen molar-refractivity contribution < 1.29 is 5.21 Å². The Labute approximate surface area is 129 Å². The van der Waals surface area contributed by atoms with Crippen LogP contribution >= 0.6 is 11.3 Å². The molecule has 0 saturated heterocycles. The summed E-state index contributed by atoms with van der Waals surface area (Å²) < 4.78 is 0. The topological polar surface area (TPSA) is 57.5 Å². The highest BCUT2D eigenvalue weighted by Gasteiger charge is 2.04. The number of nitrogens with one attached hydrogen (secondary N) is 1. The maximum atomic E-state index is 9.16. The van der Waals surface area contributed by atoms with Crippen molar-refractivity contribution in [2.45, 2.75) is 39.7 Å². The molecule has 2 N–H and O–H groups in total. The van der Waals surface area contributed by atoms with Gasteiger partial charge in [-0.25, -0.2) is 4.98 Å². The summed E-state index contributed by atoms with van der Waals surface area (Å²) in [6, 6.07) is 8.23. The molecule has 2 rings (SSSR count). The van der Waals surface area contributed by atoms with Crippen LogP contribution in [0.3, 0.4) is 0 Å². The molecule has 5 heteroatoms. The van der Waals surface area contributed by atoms with E-state index in [0.29, 0.717) is 5.84 Å². The molecular weight excluding hydrogens is 282 g/mol. The summed E-state index contributed by atoms with van der Waals surface area (Å²) in [5, 5.41) is 12.4. The van der Waals surface area contributed by atoms with Gasteiger partial charge < -0.3 is 0 Å². The lowest BCUT2D eigenvalue weighted by atomic mass is 10.1. The van der Waals surface area contributed by atoms with Crippen molar-refractivity contribution in [1.29, 1.82) is 0 Å². The van der Waals surface area contributed by atoms with E-state index >= 15 is 0 Å². The van der Waals surface area contributed by atoms with Crippen molar-refractivity contribution in [3.63, 3.8) is 0 Å². The van der Waals surface area contributed by atoms with Gasteiger partial charge in [-0.05, 0) is 39.2 Å². The summed E-state index contributed by atoms with van der Waals surface area (Å²) in [5.74, 6) is 0.506. The normalized spacial score (nSPS) is 12.0. The minimum Gasteiger partial charge on any atom is -0.290 e. The fourth-order valence-electron chi connectivity index (χ4n) is 2.05. The number of aromatic nitrogens is 1. The Morgan fingerprint density at radius 1 is 1.29 bits per heavy atom. The van der Waals surface area contributed by atoms with Gasteiger partial charge in [0.2, 0.25) is 0 Å². The fourth-order valence-corrected chi connectivity index (χ4v) is 2.70. The maximum absolute atomic E-state index is 9.16. The third kappa shape index (κ3) is 4.65. The molecular formula is C16H21N3OS. The summed E-state index contributed by atoms with van der Waals surface area (Å²) in [7, 11) is 0. The number of rotatable bonds is 5. The van der Waals surface area contributed by atoms with Crippen molar-refractivity contribution in [2.75, 3.05) is 0 Å². The minimum atomic E-state index is 0.132. The Kier molecular flexibility index (Phi) is 5.47. The van der Waals surface area contributed by atoms with Crippen LogP contribution in [0.4, 0.5) is 0 Å². The predicted octanol–water partition coefficient (Wildman–Crippen LogP) is 3.37. The lowest BCUT2D eigenvalue weighted by Gasteiger charge is -2.08. The molecule has 0 aliphatic heterocycles. The van der Waals surface area contributed by atoms with E-state index < -0.39 is 0 Å². The van der Waals surface area contributed by atoms with Gasteiger partial charge in [-0.1, -0.05) is 24.3 Å². The molecule has 21 heavy (non-hydrogen) atoms. The molecule has 0 fully saturated rings. The molecule has 0 spiro atoms. The second kappa shape index (κ2) is 7.33. The Balaban J connectivity index is 2.01. The van der Waals surface area contributed by atoms with Crippen LogP contribution in [0.2, 0.25) is 0 Å². The first-order chi connectivity index (χ1) is 10.1. The zero-order chi connectivity index (χ0) is 15.2. The largest absolute Gasteiger partial charge is 0.290 e. The van der Waals surface area contributed by atoms with Crippen LogP contribution in [0.25, 0.3) is 0 Å². The monoisotopic (exact) mass is 303 g/mol. The Hall–Kier alpha value is -1.72. The van der Waals surface area contributed by atoms with Crippen molar-refractivity contribution in [3.8, 4) is 0 Å². The van der Waals surface area contributed by atoms with E-state index in [9.17, 15) is 0 Å². The van der Waals surface area contributed by atoms with Gasteiger partial charge >= 0.3 is 0 Å². The quantitative estimate of drug-likeness (QED) is 0.506. The highest BCUT2D eigenvalue weighted by molar-refractivity contribution is 7.09. The molecule has 1 heterocycles. The van der Waals surface area contributed by atoms with Gasteiger partial charge in [-0.3, -0.25) is 15.7 Å². The van der Waals surface area contributed by atoms with Gasteiger partial charge in [0.15, 0.2) is 5.84 Å². The highest BCUT2D eigenvalue weighted by atomic mass is 32.1. The lowest BCUT2D eigenvalue weighted by Crippen LogP contribution is -2.21. The summed E-state index contributed by atoms with van der Waals surface area (Å²) in [6.45, 7) is 5.98. The number of hydrogen-bond acceptors (Lipinski definition) is 4. The second-order valence-electron chi connectivity index (χ2n) is 5.24. The molecule has 0 atom stereocenters. The van der Waals surface area contributed by atoms with Crippen LogP contribution in [0.5, 0.6) is 0 Å². The van der Waals surface area contributed by atoms with Gasteiger partial charge in [-0.2, -0.15) is 0 Å². The summed E-state index contributed by atoms with van der Waals surface area (Å²) in [4.78, 5) is 8.81. The van der Waals surface area contributed by atoms with Crippen LogP contribution < -0.4 is 5.48 Å². The van der Waals surface area contributed by atoms with Crippen molar-refractivity contribution in [3.05, 3.63) is 51.5 Å². The third-order valence-electron chi connectivity index (χ3n) is 3.06. The minimum absolute atomic E-state index is 0.132. The number of hydroxylamine groups is 1. The van der Waals surface area contributed by atoms with Crippen LogP contribution in [0, 0.1) is 6.92 Å². The second-order valence-corrected chi connectivity index (χ2v) is 6.30. The fraction of sp³-hybridized carbons (Fsp3) is 0.375. The van der Waals surface area contributed by atoms with Gasteiger partial charge in [0.1, 0.15) is 0 Å². The summed E-state index contributed by atoms with van der Waals surface area (Å²) in [5.41, 5.74) is 5.47. The molecule has 112 valence electrons. The first-order valence-electron chi connectivity index (χ1n) is 7.06. The lowest BCUT2D eigenvalue weighted by molar-refractivity contribution is 0.234. The average Bonchev–Trinajstić information content (AvgIpc) is 2.89. The van der Waals surface area contributed by atoms with E-state index in [4.69, 9.17) is 5.21 Å². The third-order valence-corrected chi connectivity index (χ3v) is 3.88. The zero-order valence-corrected chi connectivity index (χ0v) is 13.4. The first-order valence-corrected chi connectivity index (χ1v) is 7.94. The van der Waals surface area contributed by atoms with E-state index in [1.807, 2.05) is 32.9 Å². The average molecular weight is 303 g/mol. The van der Waals surface area contributed by atoms with E-state index in [1.54, 1.807) is 11.3 Å². The molecule has 1 aromatic heterocycles. The number of hydrogen-bond donors (Lipinski definition) is 2. The number of nitrogens with zero attached hydrogens (tertiary/aromatic N) is 2. The SMILES string of the molecule is Cc1nc(CCc2ccc(C(=NC(C)C)NO)cc2)cs1. The van der Waals surface area contributed by atoms with E-state index in [2.05, 4.69) is 33.0 Å². The molecule has 0 bridgehead atoms. The predicted molar refractivity (Wildman–Crippen MR) is 87.3 cm³/mol. The molecule has 0 amide bonds. The first kappa shape index (κ1) is 15.7. The molecule has 0 saturated carbocycles. The van der Waals surface area contributed by atoms with Crippen LogP contribution in [0.15, 0.2) is 34.6 Å². The number of aliphatic imine (C=N–C) groups is 1. The summed E-state index contributed by atoms with van der Waals surface area (Å²) >= 11 is 1.69. The summed E-state index contributed by atoms with van der Waals surface area (Å²) in [6.07, 6.45) is 1.92. The Bertz CT molecular complexity index is 602. The van der Waals surface area contributed by atoms with Gasteiger partial charge in [-0.15, -0.1) is 11.3 Å². The van der Waals surface area contributed by atoms with E-state index in [0.717, 1.165) is 29.1 Å². The Morgan fingerprint density at radius 2 is 2.00 bits per heavy atom. The van der Waals surface area contributed by atoms with Crippen LogP contribution in [0.1, 0.15) is 35.7 Å². The Morgan fingerprint density at radius 3 is 2.52 bits per heavy atom. The van der Waals surface area contributed by atoms with Crippen LogP contribution in [-0.2, 0) is 12.8 Å². The molecule has 0 radical (unpaired) electrons. The zero-order valence-electron chi connectivity index (χ0n) is 12.6. The molecule has 1 aromatic carbocycles. The van der Waals surface area contributed by atoms with Crippen LogP contribution in [-0.4, -0.2) is 22.1 Å². The van der Waals surface area contributed by atoms with Crippen molar-refractivity contribution in [2.24, 2.45) is 4.99 Å². The molecule has 0 aliphatic rings. The number of aryl methyl sites for hydroxylation is 3. The standard InChI is InChI=1S/C16H21N3OS/c1-11(2)17-16(19-20)14-7-4-13(5-8-14)6-9-15-10-21-12(3)18-15/h4-5,7-8,10-11,20H,6,9H2,1-3H3,(H,17,19). The number of benzene rings is 1. The van der Waals surface area contributed by atoms with E-state index in [1.165, 1.54) is 5.56 Å². The molecule has 0 unspecified atom stereocenters. The van der Waals surface area contributed by atoms with Gasteiger partial charge in [0.05, 0.1) is 10.7 Å². The molecule has 4 nitrogen and oxygen atoms in total. The molecule has 2 aromatic rings. The molecule has 0 aliphatic carbocycles. The van der Waals surface area contributed by atoms with E-state index in [-0.39, 0.29) is 6.04 Å². The van der Waals surface area contributed by atoms with Crippen molar-refractivity contribution >= 4 is 17.2 Å². The number of amidine groups is 1. The van der Waals surface area contributed by atoms with Gasteiger partial charge in [0, 0.05) is 17.0 Å². The number of thiazole rings is 1.